The molecule has 0 atom stereocenters. The Bertz CT molecular complexity index is 458. The van der Waals surface area contributed by atoms with E-state index in [4.69, 9.17) is 10.00 Å². The van der Waals surface area contributed by atoms with Crippen LogP contribution < -0.4 is 4.74 Å². The molecule has 1 aromatic carbocycles. The highest BCUT2D eigenvalue weighted by Gasteiger charge is 2.15. The number of benzene rings is 1. The van der Waals surface area contributed by atoms with Gasteiger partial charge in [-0.25, -0.2) is 0 Å². The molecule has 4 nitrogen and oxygen atoms in total. The zero-order chi connectivity index (χ0) is 11.4. The summed E-state index contributed by atoms with van der Waals surface area (Å²) in [5, 5.41) is 8.75. The topological polar surface area (TPSA) is 67.2 Å². The van der Waals surface area contributed by atoms with Gasteiger partial charge in [-0.1, -0.05) is 0 Å². The summed E-state index contributed by atoms with van der Waals surface area (Å²) in [6, 6.07) is 4.78. The third-order valence-corrected chi connectivity index (χ3v) is 2.02. The second kappa shape index (κ2) is 4.38. The number of rotatable bonds is 3. The van der Waals surface area contributed by atoms with E-state index < -0.39 is 0 Å². The Balaban J connectivity index is 3.56. The standard InChI is InChI=1S/C11H9NO3/c1-7(14)9-4-3-8(5-12)10(6-13)11(9)15-2/h3-4,6H,1-2H3. The Morgan fingerprint density at radius 1 is 1.53 bits per heavy atom. The minimum atomic E-state index is -0.209. The second-order valence-electron chi connectivity index (χ2n) is 2.89. The molecule has 1 aromatic rings. The van der Waals surface area contributed by atoms with E-state index >= 15 is 0 Å². The zero-order valence-corrected chi connectivity index (χ0v) is 8.40. The number of methoxy groups -OCH3 is 1. The molecule has 0 fully saturated rings. The van der Waals surface area contributed by atoms with E-state index in [0.717, 1.165) is 0 Å². The third kappa shape index (κ3) is 1.86. The van der Waals surface area contributed by atoms with Crippen LogP contribution in [0.4, 0.5) is 0 Å². The van der Waals surface area contributed by atoms with Crippen molar-refractivity contribution in [3.05, 3.63) is 28.8 Å². The van der Waals surface area contributed by atoms with Crippen LogP contribution in [0.5, 0.6) is 5.75 Å². The van der Waals surface area contributed by atoms with Gasteiger partial charge in [-0.05, 0) is 19.1 Å². The highest BCUT2D eigenvalue weighted by Crippen LogP contribution is 2.25. The van der Waals surface area contributed by atoms with Gasteiger partial charge in [-0.15, -0.1) is 0 Å². The van der Waals surface area contributed by atoms with Crippen molar-refractivity contribution < 1.29 is 14.3 Å². The van der Waals surface area contributed by atoms with Crippen molar-refractivity contribution in [2.75, 3.05) is 7.11 Å². The first-order valence-electron chi connectivity index (χ1n) is 4.23. The minimum Gasteiger partial charge on any atom is -0.495 e. The van der Waals surface area contributed by atoms with Crippen molar-refractivity contribution in [3.63, 3.8) is 0 Å². The van der Waals surface area contributed by atoms with Crippen molar-refractivity contribution in [2.24, 2.45) is 0 Å². The van der Waals surface area contributed by atoms with Crippen LogP contribution in [0.2, 0.25) is 0 Å². The smallest absolute Gasteiger partial charge is 0.163 e. The van der Waals surface area contributed by atoms with Crippen molar-refractivity contribution >= 4 is 12.1 Å². The summed E-state index contributed by atoms with van der Waals surface area (Å²) in [5.74, 6) is -0.0454. The molecule has 15 heavy (non-hydrogen) atoms. The summed E-state index contributed by atoms with van der Waals surface area (Å²) in [5.41, 5.74) is 0.623. The molecular formula is C11H9NO3. The molecular weight excluding hydrogens is 194 g/mol. The van der Waals surface area contributed by atoms with Gasteiger partial charge in [-0.2, -0.15) is 5.26 Å². The lowest BCUT2D eigenvalue weighted by molar-refractivity contribution is 0.101. The number of aldehydes is 1. The molecule has 0 aromatic heterocycles. The molecule has 0 saturated heterocycles. The van der Waals surface area contributed by atoms with Gasteiger partial charge in [0.2, 0.25) is 0 Å². The van der Waals surface area contributed by atoms with Gasteiger partial charge in [0.25, 0.3) is 0 Å². The van der Waals surface area contributed by atoms with Crippen LogP contribution >= 0.6 is 0 Å². The maximum Gasteiger partial charge on any atom is 0.163 e. The van der Waals surface area contributed by atoms with E-state index in [1.807, 2.05) is 6.07 Å². The molecule has 0 saturated carbocycles. The Morgan fingerprint density at radius 2 is 2.20 bits per heavy atom. The predicted octanol–water partition coefficient (Wildman–Crippen LogP) is 1.58. The van der Waals surface area contributed by atoms with Crippen LogP contribution in [0.3, 0.4) is 0 Å². The Morgan fingerprint density at radius 3 is 2.60 bits per heavy atom. The molecule has 0 unspecified atom stereocenters. The van der Waals surface area contributed by atoms with Gasteiger partial charge in [0, 0.05) is 0 Å². The van der Waals surface area contributed by atoms with Crippen LogP contribution in [0.15, 0.2) is 12.1 Å². The summed E-state index contributed by atoms with van der Waals surface area (Å²) < 4.78 is 4.97. The zero-order valence-electron chi connectivity index (χ0n) is 8.40. The van der Waals surface area contributed by atoms with E-state index in [0.29, 0.717) is 11.8 Å². The number of nitriles is 1. The van der Waals surface area contributed by atoms with Crippen LogP contribution in [0.25, 0.3) is 0 Å². The van der Waals surface area contributed by atoms with Gasteiger partial charge >= 0.3 is 0 Å². The Hall–Kier alpha value is -2.15. The van der Waals surface area contributed by atoms with E-state index in [2.05, 4.69) is 0 Å². The first kappa shape index (κ1) is 10.9. The van der Waals surface area contributed by atoms with Crippen LogP contribution in [0.1, 0.15) is 33.2 Å². The number of hydrogen-bond donors (Lipinski definition) is 0. The molecule has 0 heterocycles. The average Bonchev–Trinajstić information content (AvgIpc) is 2.26. The summed E-state index contributed by atoms with van der Waals surface area (Å²) >= 11 is 0. The summed E-state index contributed by atoms with van der Waals surface area (Å²) in [4.78, 5) is 22.0. The number of ketones is 1. The molecule has 0 spiro atoms. The van der Waals surface area contributed by atoms with E-state index in [9.17, 15) is 9.59 Å². The highest BCUT2D eigenvalue weighted by atomic mass is 16.5. The fourth-order valence-corrected chi connectivity index (χ4v) is 1.31. The molecule has 0 radical (unpaired) electrons. The lowest BCUT2D eigenvalue weighted by Crippen LogP contribution is -2.02. The maximum atomic E-state index is 11.2. The molecule has 0 aliphatic carbocycles. The third-order valence-electron chi connectivity index (χ3n) is 2.02. The number of carbonyl (C=O) groups is 2. The van der Waals surface area contributed by atoms with Crippen LogP contribution in [-0.2, 0) is 0 Å². The summed E-state index contributed by atoms with van der Waals surface area (Å²) in [6.45, 7) is 1.37. The van der Waals surface area contributed by atoms with Gasteiger partial charge in [-0.3, -0.25) is 9.59 Å². The molecule has 0 aliphatic heterocycles. The number of nitrogens with zero attached hydrogens (tertiary/aromatic N) is 1. The van der Waals surface area contributed by atoms with E-state index in [-0.39, 0.29) is 22.7 Å². The quantitative estimate of drug-likeness (QED) is 0.552. The predicted molar refractivity (Wildman–Crippen MR) is 53.1 cm³/mol. The molecule has 1 rings (SSSR count). The van der Waals surface area contributed by atoms with Gasteiger partial charge in [0.15, 0.2) is 12.1 Å². The lowest BCUT2D eigenvalue weighted by atomic mass is 10.0. The number of hydrogen-bond acceptors (Lipinski definition) is 4. The van der Waals surface area contributed by atoms with Crippen molar-refractivity contribution in [1.29, 1.82) is 5.26 Å². The van der Waals surface area contributed by atoms with E-state index in [1.165, 1.54) is 26.2 Å². The SMILES string of the molecule is COc1c(C(C)=O)ccc(C#N)c1C=O. The minimum absolute atomic E-state index is 0.118. The van der Waals surface area contributed by atoms with Gasteiger partial charge in [0.05, 0.1) is 23.8 Å². The summed E-state index contributed by atoms with van der Waals surface area (Å²) in [6.07, 6.45) is 0.518. The normalized spacial score (nSPS) is 9.13. The van der Waals surface area contributed by atoms with Crippen LogP contribution in [0, 0.1) is 11.3 Å². The second-order valence-corrected chi connectivity index (χ2v) is 2.89. The lowest BCUT2D eigenvalue weighted by Gasteiger charge is -2.08. The first-order chi connectivity index (χ1) is 7.15. The van der Waals surface area contributed by atoms with Crippen molar-refractivity contribution in [1.82, 2.24) is 0 Å². The maximum absolute atomic E-state index is 11.2. The van der Waals surface area contributed by atoms with Crippen LogP contribution in [-0.4, -0.2) is 19.2 Å². The number of Topliss-reactive ketones (excluding diaryl/α,β-unsaturated/α-hetero) is 1. The van der Waals surface area contributed by atoms with Gasteiger partial charge < -0.3 is 4.74 Å². The molecule has 4 heteroatoms. The molecule has 0 N–H and O–H groups in total. The van der Waals surface area contributed by atoms with Crippen molar-refractivity contribution in [3.8, 4) is 11.8 Å². The molecule has 0 amide bonds. The van der Waals surface area contributed by atoms with Crippen molar-refractivity contribution in [2.45, 2.75) is 6.92 Å². The fraction of sp³-hybridized carbons (Fsp3) is 0.182. The molecule has 0 aliphatic rings. The Kier molecular flexibility index (Phi) is 3.19. The average molecular weight is 203 g/mol. The Labute approximate surface area is 87.1 Å². The number of ether oxygens (including phenoxy) is 1. The molecule has 0 bridgehead atoms. The van der Waals surface area contributed by atoms with E-state index in [1.54, 1.807) is 0 Å². The first-order valence-corrected chi connectivity index (χ1v) is 4.23. The summed E-state index contributed by atoms with van der Waals surface area (Å²) in [7, 11) is 1.36. The monoisotopic (exact) mass is 203 g/mol. The molecule has 76 valence electrons. The highest BCUT2D eigenvalue weighted by molar-refractivity contribution is 6.00. The fourth-order valence-electron chi connectivity index (χ4n) is 1.31. The van der Waals surface area contributed by atoms with Gasteiger partial charge in [0.1, 0.15) is 11.8 Å². The number of carbonyl (C=O) groups excluding carboxylic acids is 2. The largest absolute Gasteiger partial charge is 0.495 e.